The van der Waals surface area contributed by atoms with Crippen molar-refractivity contribution in [1.82, 2.24) is 9.97 Å². The number of anilines is 1. The summed E-state index contributed by atoms with van der Waals surface area (Å²) in [5.41, 5.74) is 8.22. The Labute approximate surface area is 168 Å². The Morgan fingerprint density at radius 2 is 1.66 bits per heavy atom. The van der Waals surface area contributed by atoms with Gasteiger partial charge in [0.2, 0.25) is 17.6 Å². The average Bonchev–Trinajstić information content (AvgIpc) is 2.77. The number of primary amides is 1. The third kappa shape index (κ3) is 4.55. The monoisotopic (exact) mass is 394 g/mol. The van der Waals surface area contributed by atoms with Crippen LogP contribution in [0.25, 0.3) is 11.3 Å². The number of nitrogens with one attached hydrogen (secondary N) is 1. The first-order valence-corrected chi connectivity index (χ1v) is 8.81. The van der Waals surface area contributed by atoms with E-state index in [1.165, 1.54) is 0 Å². The minimum Gasteiger partial charge on any atom is -0.493 e. The number of methoxy groups -OCH3 is 3. The van der Waals surface area contributed by atoms with Crippen LogP contribution < -0.4 is 25.3 Å². The Morgan fingerprint density at radius 3 is 2.21 bits per heavy atom. The van der Waals surface area contributed by atoms with Crippen LogP contribution in [-0.4, -0.2) is 37.2 Å². The van der Waals surface area contributed by atoms with E-state index < -0.39 is 5.91 Å². The molecular formula is C21H22N4O4. The van der Waals surface area contributed by atoms with Crippen molar-refractivity contribution in [1.29, 1.82) is 0 Å². The van der Waals surface area contributed by atoms with Gasteiger partial charge in [-0.2, -0.15) is 0 Å². The van der Waals surface area contributed by atoms with Gasteiger partial charge in [0.25, 0.3) is 0 Å². The molecule has 0 aliphatic carbocycles. The zero-order valence-corrected chi connectivity index (χ0v) is 16.4. The van der Waals surface area contributed by atoms with Crippen LogP contribution in [0.3, 0.4) is 0 Å². The van der Waals surface area contributed by atoms with Gasteiger partial charge in [0.1, 0.15) is 0 Å². The number of nitrogens with two attached hydrogens (primary N) is 1. The van der Waals surface area contributed by atoms with E-state index in [-0.39, 0.29) is 0 Å². The van der Waals surface area contributed by atoms with E-state index in [0.29, 0.717) is 35.3 Å². The van der Waals surface area contributed by atoms with E-state index in [9.17, 15) is 4.79 Å². The topological polar surface area (TPSA) is 109 Å². The molecule has 1 aromatic heterocycles. The van der Waals surface area contributed by atoms with Crippen LogP contribution in [0.1, 0.15) is 15.9 Å². The third-order valence-electron chi connectivity index (χ3n) is 4.30. The molecule has 0 saturated carbocycles. The summed E-state index contributed by atoms with van der Waals surface area (Å²) in [4.78, 5) is 20.0. The van der Waals surface area contributed by atoms with Crippen molar-refractivity contribution < 1.29 is 19.0 Å². The summed E-state index contributed by atoms with van der Waals surface area (Å²) in [5, 5.41) is 3.19. The number of nitrogens with zero attached hydrogens (tertiary/aromatic N) is 2. The highest BCUT2D eigenvalue weighted by Crippen LogP contribution is 2.38. The lowest BCUT2D eigenvalue weighted by molar-refractivity contribution is 0.100. The molecule has 0 fully saturated rings. The van der Waals surface area contributed by atoms with E-state index >= 15 is 0 Å². The number of ether oxygens (including phenoxy) is 3. The zero-order chi connectivity index (χ0) is 20.8. The van der Waals surface area contributed by atoms with Crippen molar-refractivity contribution in [3.05, 3.63) is 59.8 Å². The lowest BCUT2D eigenvalue weighted by atomic mass is 10.1. The van der Waals surface area contributed by atoms with Gasteiger partial charge >= 0.3 is 0 Å². The predicted octanol–water partition coefficient (Wildman–Crippen LogP) is 2.88. The first kappa shape index (κ1) is 19.9. The van der Waals surface area contributed by atoms with E-state index in [1.54, 1.807) is 57.9 Å². The summed E-state index contributed by atoms with van der Waals surface area (Å²) in [6.07, 6.45) is 1.67. The van der Waals surface area contributed by atoms with E-state index in [0.717, 1.165) is 16.8 Å². The fourth-order valence-corrected chi connectivity index (χ4v) is 2.83. The van der Waals surface area contributed by atoms with Crippen molar-refractivity contribution in [2.45, 2.75) is 6.54 Å². The maximum atomic E-state index is 11.2. The standard InChI is InChI=1S/C21H22N4O4/c1-27-17-10-13(11-18(28-2)19(17)29-3)12-24-21-23-9-8-16(25-21)14-4-6-15(7-5-14)20(22)26/h4-11H,12H2,1-3H3,(H2,22,26)(H,23,24,25). The summed E-state index contributed by atoms with van der Waals surface area (Å²) in [6, 6.07) is 12.5. The summed E-state index contributed by atoms with van der Waals surface area (Å²) >= 11 is 0. The molecule has 3 aromatic rings. The molecule has 8 heteroatoms. The number of amides is 1. The zero-order valence-electron chi connectivity index (χ0n) is 16.4. The van der Waals surface area contributed by atoms with E-state index in [2.05, 4.69) is 15.3 Å². The first-order valence-electron chi connectivity index (χ1n) is 8.81. The Hall–Kier alpha value is -3.81. The van der Waals surface area contributed by atoms with Gasteiger partial charge in [-0.05, 0) is 35.9 Å². The highest BCUT2D eigenvalue weighted by atomic mass is 16.5. The van der Waals surface area contributed by atoms with Crippen LogP contribution in [0.15, 0.2) is 48.7 Å². The number of carbonyl (C=O) groups is 1. The van der Waals surface area contributed by atoms with Gasteiger partial charge in [0.15, 0.2) is 11.5 Å². The number of carbonyl (C=O) groups excluding carboxylic acids is 1. The van der Waals surface area contributed by atoms with Crippen LogP contribution in [0.4, 0.5) is 5.95 Å². The second-order valence-electron chi connectivity index (χ2n) is 6.09. The molecular weight excluding hydrogens is 372 g/mol. The van der Waals surface area contributed by atoms with Crippen molar-refractivity contribution >= 4 is 11.9 Å². The summed E-state index contributed by atoms with van der Waals surface area (Å²) in [7, 11) is 4.71. The van der Waals surface area contributed by atoms with Crippen LogP contribution in [0, 0.1) is 0 Å². The predicted molar refractivity (Wildman–Crippen MR) is 109 cm³/mol. The normalized spacial score (nSPS) is 10.3. The fraction of sp³-hybridized carbons (Fsp3) is 0.190. The quantitative estimate of drug-likeness (QED) is 0.605. The molecule has 150 valence electrons. The maximum Gasteiger partial charge on any atom is 0.248 e. The second kappa shape index (κ2) is 8.92. The molecule has 29 heavy (non-hydrogen) atoms. The molecule has 0 unspecified atom stereocenters. The molecule has 3 rings (SSSR count). The van der Waals surface area contributed by atoms with Crippen LogP contribution in [0.2, 0.25) is 0 Å². The molecule has 0 aliphatic heterocycles. The van der Waals surface area contributed by atoms with Crippen molar-refractivity contribution in [2.24, 2.45) is 5.73 Å². The van der Waals surface area contributed by atoms with Gasteiger partial charge in [0, 0.05) is 23.9 Å². The molecule has 0 aliphatic rings. The lowest BCUT2D eigenvalue weighted by Gasteiger charge is -2.14. The summed E-state index contributed by atoms with van der Waals surface area (Å²) in [5.74, 6) is 1.69. The molecule has 0 spiro atoms. The van der Waals surface area contributed by atoms with Gasteiger partial charge < -0.3 is 25.3 Å². The molecule has 3 N–H and O–H groups in total. The Bertz CT molecular complexity index is 981. The fourth-order valence-electron chi connectivity index (χ4n) is 2.83. The van der Waals surface area contributed by atoms with Gasteiger partial charge in [0.05, 0.1) is 27.0 Å². The second-order valence-corrected chi connectivity index (χ2v) is 6.09. The summed E-state index contributed by atoms with van der Waals surface area (Å²) < 4.78 is 16.1. The number of rotatable bonds is 8. The molecule has 0 radical (unpaired) electrons. The number of aromatic nitrogens is 2. The van der Waals surface area contributed by atoms with Crippen LogP contribution in [-0.2, 0) is 6.54 Å². The number of hydrogen-bond donors (Lipinski definition) is 2. The molecule has 1 amide bonds. The minimum atomic E-state index is -0.466. The Kier molecular flexibility index (Phi) is 6.13. The SMILES string of the molecule is COc1cc(CNc2nccc(-c3ccc(C(N)=O)cc3)n2)cc(OC)c1OC. The first-order chi connectivity index (χ1) is 14.0. The number of hydrogen-bond acceptors (Lipinski definition) is 7. The number of benzene rings is 2. The van der Waals surface area contributed by atoms with Gasteiger partial charge in [-0.25, -0.2) is 9.97 Å². The Morgan fingerprint density at radius 1 is 1.00 bits per heavy atom. The van der Waals surface area contributed by atoms with Crippen molar-refractivity contribution in [3.8, 4) is 28.5 Å². The van der Waals surface area contributed by atoms with Crippen molar-refractivity contribution in [2.75, 3.05) is 26.6 Å². The summed E-state index contributed by atoms with van der Waals surface area (Å²) in [6.45, 7) is 0.459. The minimum absolute atomic E-state index is 0.448. The largest absolute Gasteiger partial charge is 0.493 e. The molecule has 0 atom stereocenters. The van der Waals surface area contributed by atoms with Gasteiger partial charge in [-0.1, -0.05) is 12.1 Å². The molecule has 8 nitrogen and oxygen atoms in total. The van der Waals surface area contributed by atoms with Gasteiger partial charge in [-0.3, -0.25) is 4.79 Å². The molecule has 2 aromatic carbocycles. The smallest absolute Gasteiger partial charge is 0.248 e. The average molecular weight is 394 g/mol. The van der Waals surface area contributed by atoms with E-state index in [4.69, 9.17) is 19.9 Å². The lowest BCUT2D eigenvalue weighted by Crippen LogP contribution is -2.10. The molecule has 0 bridgehead atoms. The maximum absolute atomic E-state index is 11.2. The van der Waals surface area contributed by atoms with Crippen molar-refractivity contribution in [3.63, 3.8) is 0 Å². The molecule has 0 saturated heterocycles. The van der Waals surface area contributed by atoms with Crippen LogP contribution in [0.5, 0.6) is 17.2 Å². The Balaban J connectivity index is 1.78. The molecule has 1 heterocycles. The van der Waals surface area contributed by atoms with Crippen LogP contribution >= 0.6 is 0 Å². The van der Waals surface area contributed by atoms with Gasteiger partial charge in [-0.15, -0.1) is 0 Å². The third-order valence-corrected chi connectivity index (χ3v) is 4.30. The highest BCUT2D eigenvalue weighted by molar-refractivity contribution is 5.93. The highest BCUT2D eigenvalue weighted by Gasteiger charge is 2.13. The van der Waals surface area contributed by atoms with E-state index in [1.807, 2.05) is 12.1 Å².